The van der Waals surface area contributed by atoms with Crippen LogP contribution in [0.15, 0.2) is 0 Å². The van der Waals surface area contributed by atoms with E-state index in [9.17, 15) is 9.90 Å². The Kier molecular flexibility index (Phi) is 3.97. The Labute approximate surface area is 109 Å². The van der Waals surface area contributed by atoms with Crippen LogP contribution in [0.3, 0.4) is 0 Å². The lowest BCUT2D eigenvalue weighted by Gasteiger charge is -2.48. The molecule has 2 fully saturated rings. The highest BCUT2D eigenvalue weighted by molar-refractivity contribution is 5.79. The van der Waals surface area contributed by atoms with E-state index in [1.807, 2.05) is 13.8 Å². The van der Waals surface area contributed by atoms with Gasteiger partial charge in [-0.2, -0.15) is 0 Å². The SMILES string of the molecule is CC1(C)CC(C(=O)O)(N2CCCCCC2)CCO1. The molecule has 0 amide bonds. The summed E-state index contributed by atoms with van der Waals surface area (Å²) < 4.78 is 5.70. The maximum atomic E-state index is 11.9. The van der Waals surface area contributed by atoms with Gasteiger partial charge in [0.05, 0.1) is 5.60 Å². The van der Waals surface area contributed by atoms with Crippen LogP contribution in [0.25, 0.3) is 0 Å². The second kappa shape index (κ2) is 5.17. The molecule has 2 heterocycles. The van der Waals surface area contributed by atoms with Gasteiger partial charge in [-0.15, -0.1) is 0 Å². The van der Waals surface area contributed by atoms with Gasteiger partial charge in [0.2, 0.25) is 0 Å². The monoisotopic (exact) mass is 255 g/mol. The van der Waals surface area contributed by atoms with E-state index in [1.54, 1.807) is 0 Å². The zero-order valence-corrected chi connectivity index (χ0v) is 11.6. The van der Waals surface area contributed by atoms with E-state index in [0.29, 0.717) is 19.4 Å². The van der Waals surface area contributed by atoms with Gasteiger partial charge in [-0.3, -0.25) is 9.69 Å². The topological polar surface area (TPSA) is 49.8 Å². The number of rotatable bonds is 2. The largest absolute Gasteiger partial charge is 0.480 e. The molecule has 1 N–H and O–H groups in total. The minimum Gasteiger partial charge on any atom is -0.480 e. The molecule has 104 valence electrons. The highest BCUT2D eigenvalue weighted by Crippen LogP contribution is 2.37. The zero-order chi connectivity index (χ0) is 13.2. The van der Waals surface area contributed by atoms with Gasteiger partial charge in [0.15, 0.2) is 0 Å². The lowest BCUT2D eigenvalue weighted by Crippen LogP contribution is -2.61. The Hall–Kier alpha value is -0.610. The Morgan fingerprint density at radius 3 is 2.28 bits per heavy atom. The highest BCUT2D eigenvalue weighted by Gasteiger charge is 2.50. The number of nitrogens with zero attached hydrogens (tertiary/aromatic N) is 1. The van der Waals surface area contributed by atoms with Gasteiger partial charge in [0, 0.05) is 13.0 Å². The molecule has 4 nitrogen and oxygen atoms in total. The third-order valence-electron chi connectivity index (χ3n) is 4.34. The molecule has 0 aromatic rings. The molecule has 1 atom stereocenters. The van der Waals surface area contributed by atoms with E-state index in [0.717, 1.165) is 25.9 Å². The molecule has 0 radical (unpaired) electrons. The predicted octanol–water partition coefficient (Wildman–Crippen LogP) is 2.27. The zero-order valence-electron chi connectivity index (χ0n) is 11.6. The van der Waals surface area contributed by atoms with Crippen LogP contribution in [-0.4, -0.2) is 46.8 Å². The summed E-state index contributed by atoms with van der Waals surface area (Å²) in [6.45, 7) is 6.39. The molecule has 1 unspecified atom stereocenters. The highest BCUT2D eigenvalue weighted by atomic mass is 16.5. The molecule has 2 aliphatic rings. The van der Waals surface area contributed by atoms with Crippen LogP contribution in [0, 0.1) is 0 Å². The molecule has 18 heavy (non-hydrogen) atoms. The number of carboxylic acids is 1. The summed E-state index contributed by atoms with van der Waals surface area (Å²) in [6.07, 6.45) is 5.91. The summed E-state index contributed by atoms with van der Waals surface area (Å²) in [5, 5.41) is 9.77. The number of hydrogen-bond donors (Lipinski definition) is 1. The molecule has 2 aliphatic heterocycles. The number of ether oxygens (including phenoxy) is 1. The lowest BCUT2D eigenvalue weighted by atomic mass is 9.79. The molecule has 4 heteroatoms. The first-order valence-electron chi connectivity index (χ1n) is 7.09. The Morgan fingerprint density at radius 2 is 1.78 bits per heavy atom. The van der Waals surface area contributed by atoms with Gasteiger partial charge < -0.3 is 9.84 Å². The normalized spacial score (nSPS) is 33.9. The standard InChI is InChI=1S/C14H25NO3/c1-13(2)11-14(12(16)17,7-10-18-13)15-8-5-3-4-6-9-15/h3-11H2,1-2H3,(H,16,17). The van der Waals surface area contributed by atoms with Crippen molar-refractivity contribution in [1.82, 2.24) is 4.90 Å². The number of carboxylic acid groups (broad SMARTS) is 1. The Morgan fingerprint density at radius 1 is 1.17 bits per heavy atom. The van der Waals surface area contributed by atoms with Crippen molar-refractivity contribution in [3.8, 4) is 0 Å². The molecule has 0 aliphatic carbocycles. The van der Waals surface area contributed by atoms with E-state index in [2.05, 4.69) is 4.90 Å². The fourth-order valence-electron chi connectivity index (χ4n) is 3.43. The molecule has 0 aromatic carbocycles. The van der Waals surface area contributed by atoms with Crippen LogP contribution in [-0.2, 0) is 9.53 Å². The van der Waals surface area contributed by atoms with E-state index >= 15 is 0 Å². The maximum Gasteiger partial charge on any atom is 0.324 e. The average Bonchev–Trinajstić information content (AvgIpc) is 2.55. The molecule has 0 saturated carbocycles. The van der Waals surface area contributed by atoms with Crippen LogP contribution in [0.4, 0.5) is 0 Å². The first kappa shape index (κ1) is 13.8. The van der Waals surface area contributed by atoms with Crippen molar-refractivity contribution >= 4 is 5.97 Å². The quantitative estimate of drug-likeness (QED) is 0.822. The second-order valence-electron chi connectivity index (χ2n) is 6.27. The minimum absolute atomic E-state index is 0.330. The summed E-state index contributed by atoms with van der Waals surface area (Å²) >= 11 is 0. The van der Waals surface area contributed by atoms with E-state index in [-0.39, 0.29) is 5.60 Å². The van der Waals surface area contributed by atoms with Crippen molar-refractivity contribution in [3.05, 3.63) is 0 Å². The van der Waals surface area contributed by atoms with Crippen LogP contribution in [0.1, 0.15) is 52.4 Å². The van der Waals surface area contributed by atoms with Crippen molar-refractivity contribution in [2.45, 2.75) is 63.5 Å². The van der Waals surface area contributed by atoms with Crippen LogP contribution in [0.2, 0.25) is 0 Å². The average molecular weight is 255 g/mol. The first-order chi connectivity index (χ1) is 8.46. The van der Waals surface area contributed by atoms with Crippen molar-refractivity contribution in [2.24, 2.45) is 0 Å². The van der Waals surface area contributed by atoms with Gasteiger partial charge in [0.25, 0.3) is 0 Å². The van der Waals surface area contributed by atoms with Crippen molar-refractivity contribution in [1.29, 1.82) is 0 Å². The van der Waals surface area contributed by atoms with Gasteiger partial charge in [-0.25, -0.2) is 0 Å². The summed E-state index contributed by atoms with van der Waals surface area (Å²) in [6, 6.07) is 0. The van der Waals surface area contributed by atoms with Gasteiger partial charge in [-0.05, 0) is 46.2 Å². The van der Waals surface area contributed by atoms with Crippen molar-refractivity contribution < 1.29 is 14.6 Å². The number of likely N-dealkylation sites (tertiary alicyclic amines) is 1. The summed E-state index contributed by atoms with van der Waals surface area (Å²) in [4.78, 5) is 14.1. The summed E-state index contributed by atoms with van der Waals surface area (Å²) in [5.74, 6) is -0.666. The van der Waals surface area contributed by atoms with Crippen molar-refractivity contribution in [3.63, 3.8) is 0 Å². The van der Waals surface area contributed by atoms with Gasteiger partial charge >= 0.3 is 5.97 Å². The van der Waals surface area contributed by atoms with Crippen LogP contribution < -0.4 is 0 Å². The molecule has 0 spiro atoms. The molecule has 0 aromatic heterocycles. The van der Waals surface area contributed by atoms with Crippen LogP contribution in [0.5, 0.6) is 0 Å². The second-order valence-corrected chi connectivity index (χ2v) is 6.27. The predicted molar refractivity (Wildman–Crippen MR) is 69.7 cm³/mol. The van der Waals surface area contributed by atoms with E-state index in [4.69, 9.17) is 4.74 Å². The van der Waals surface area contributed by atoms with Gasteiger partial charge in [0.1, 0.15) is 5.54 Å². The molecular weight excluding hydrogens is 230 g/mol. The smallest absolute Gasteiger partial charge is 0.324 e. The van der Waals surface area contributed by atoms with Crippen LogP contribution >= 0.6 is 0 Å². The number of aliphatic carboxylic acids is 1. The summed E-state index contributed by atoms with van der Waals surface area (Å²) in [7, 11) is 0. The number of carbonyl (C=O) groups is 1. The first-order valence-corrected chi connectivity index (χ1v) is 7.09. The fraction of sp³-hybridized carbons (Fsp3) is 0.929. The lowest BCUT2D eigenvalue weighted by molar-refractivity contribution is -0.172. The molecule has 0 bridgehead atoms. The Balaban J connectivity index is 2.22. The van der Waals surface area contributed by atoms with Gasteiger partial charge in [-0.1, -0.05) is 12.8 Å². The number of hydrogen-bond acceptors (Lipinski definition) is 3. The molecule has 2 rings (SSSR count). The summed E-state index contributed by atoms with van der Waals surface area (Å²) in [5.41, 5.74) is -1.03. The Bertz CT molecular complexity index is 308. The third-order valence-corrected chi connectivity index (χ3v) is 4.34. The van der Waals surface area contributed by atoms with E-state index in [1.165, 1.54) is 12.8 Å². The van der Waals surface area contributed by atoms with E-state index < -0.39 is 11.5 Å². The third kappa shape index (κ3) is 2.69. The molecule has 2 saturated heterocycles. The minimum atomic E-state index is -0.702. The fourth-order valence-corrected chi connectivity index (χ4v) is 3.43. The molecular formula is C14H25NO3. The van der Waals surface area contributed by atoms with Crippen molar-refractivity contribution in [2.75, 3.05) is 19.7 Å². The maximum absolute atomic E-state index is 11.9.